The molecule has 15 aromatic rings. The monoisotopic (exact) mass is 2220 g/mol. The van der Waals surface area contributed by atoms with E-state index in [1.165, 1.54) is 295 Å². The van der Waals surface area contributed by atoms with E-state index in [9.17, 15) is 0 Å². The van der Waals surface area contributed by atoms with Gasteiger partial charge in [0.15, 0.2) is 0 Å². The summed E-state index contributed by atoms with van der Waals surface area (Å²) in [5.41, 5.74) is 11.7. The average Bonchev–Trinajstić information content (AvgIpc) is 1.61. The van der Waals surface area contributed by atoms with Crippen LogP contribution in [0.25, 0.3) is 125 Å². The van der Waals surface area contributed by atoms with E-state index < -0.39 is 55.1 Å². The molecule has 0 spiro atoms. The molecule has 6 atom stereocenters. The van der Waals surface area contributed by atoms with Gasteiger partial charge in [0, 0.05) is 0 Å². The second-order valence-corrected chi connectivity index (χ2v) is 98.4. The predicted molar refractivity (Wildman–Crippen MR) is 602 cm³/mol. The van der Waals surface area contributed by atoms with Crippen molar-refractivity contribution in [2.45, 2.75) is 353 Å². The third-order valence-corrected chi connectivity index (χ3v) is 67.5. The van der Waals surface area contributed by atoms with Crippen LogP contribution >= 0.6 is 113 Å². The van der Waals surface area contributed by atoms with Crippen LogP contribution in [0.3, 0.4) is 0 Å². The molecule has 0 saturated carbocycles. The SMILES string of the molecule is CCCCC(CC)Cc1ccc(-c2c3cc(C)sc3c(-c3ccc(C(CC)CCCC)o3)c3c[c]([Sn]([CH3])([CH3])[CH3])sc23)o1.CCCCC(CC)Cc1ccc(-c2c3cc(C)sc3c(-c3ccc(C(CC)CCCC)s3)c3c[c]([Sn]([CH3])([CH3])[CH3])sc23)s1.CCCCC(CC)Cc1sc(-c2c3cc(C)sc3c(-c3cc(C)c(C(CC)CCCC)s3)c3c[c]([Sn]([CH3])([CH3])[CH3])sc23)cc1C. The third kappa shape index (κ3) is 23.6. The molecule has 0 saturated heterocycles. The zero-order valence-corrected chi connectivity index (χ0v) is 99.9. The van der Waals surface area contributed by atoms with E-state index in [2.05, 4.69) is 327 Å². The molecule has 690 valence electrons. The fourth-order valence-corrected chi connectivity index (χ4v) is 47.5. The van der Waals surface area contributed by atoms with Crippen molar-refractivity contribution in [3.8, 4) is 64.4 Å². The zero-order chi connectivity index (χ0) is 91.8. The van der Waals surface area contributed by atoms with Crippen molar-refractivity contribution in [2.75, 3.05) is 0 Å². The normalized spacial score (nSPS) is 13.9. The Morgan fingerprint density at radius 3 is 1.15 bits per heavy atom. The first-order valence-electron chi connectivity index (χ1n) is 49.9. The van der Waals surface area contributed by atoms with Gasteiger partial charge in [-0.3, -0.25) is 0 Å². The fraction of sp³-hybridized carbons (Fsp3) is 0.522. The summed E-state index contributed by atoms with van der Waals surface area (Å²) < 4.78 is 27.3. The van der Waals surface area contributed by atoms with Crippen LogP contribution in [0.2, 0.25) is 44.5 Å². The first-order valence-corrected chi connectivity index (χ1v) is 88.1. The Morgan fingerprint density at radius 1 is 0.289 bits per heavy atom. The number of fused-ring (bicyclic) bond motifs is 6. The molecule has 0 aliphatic rings. The van der Waals surface area contributed by atoms with E-state index >= 15 is 0 Å². The molecule has 12 aromatic heterocycles. The number of hydrogen-bond acceptors (Lipinski definition) is 12. The van der Waals surface area contributed by atoms with Crippen LogP contribution in [-0.2, 0) is 19.3 Å². The molecule has 0 fully saturated rings. The van der Waals surface area contributed by atoms with Crippen molar-refractivity contribution in [1.29, 1.82) is 0 Å². The van der Waals surface area contributed by atoms with Crippen LogP contribution in [0.5, 0.6) is 0 Å². The van der Waals surface area contributed by atoms with Crippen LogP contribution in [-0.4, -0.2) is 55.1 Å². The average molecular weight is 2220 g/mol. The first-order chi connectivity index (χ1) is 61.3. The van der Waals surface area contributed by atoms with Gasteiger partial charge in [-0.1, -0.05) is 20.8 Å². The number of rotatable bonds is 42. The fourth-order valence-electron chi connectivity index (χ4n) is 19.4. The van der Waals surface area contributed by atoms with Gasteiger partial charge >= 0.3 is 815 Å². The van der Waals surface area contributed by atoms with Gasteiger partial charge in [-0.2, -0.15) is 0 Å². The van der Waals surface area contributed by atoms with E-state index in [0.29, 0.717) is 23.7 Å². The topological polar surface area (TPSA) is 26.3 Å². The van der Waals surface area contributed by atoms with Crippen molar-refractivity contribution < 1.29 is 8.83 Å². The Bertz CT molecular complexity index is 5890. The molecule has 0 bridgehead atoms. The number of furan rings is 2. The van der Waals surface area contributed by atoms with Gasteiger partial charge in [-0.05, 0) is 0 Å². The standard InChI is InChI=1S/C36H45S4.C34H41O2S2.C34H41S4.9CH3.3Sn/c1-8-12-14-25(10-3)21-29-22(5)18-30(39-29)33-28-20-24(7)38-36(28)32(27-16-17-37-35(27)33)31-19-23(6)34(40-31)26(11-4)15-13-9-2;1-6-10-12-23(8-3)21-25-14-15-29(35-25)32-27-20-22(5)38-34(27)31(26-18-19-37-33(26)32)30-17-16-28(36-30)24(9-4)13-11-7-2;1-6-10-12-23(8-3)21-25-14-15-29(37-25)32-27-20-22(5)36-34(27)31(26-18-19-35-33(26)32)30-17-16-28(38-30)24(9-4)13-11-7-2;;;;;;;;;;;;/h16,18-20,25-26H,8-15,21H2,1-7H3;2*14-18,20,23-24H,6-13,21H2,1-5H3;9*1H3;;;. The van der Waals surface area contributed by atoms with Crippen molar-refractivity contribution in [2.24, 2.45) is 17.8 Å². The summed E-state index contributed by atoms with van der Waals surface area (Å²) in [5.74, 6) is 8.49. The molecule has 0 aliphatic heterocycles. The van der Waals surface area contributed by atoms with Gasteiger partial charge in [0.25, 0.3) is 0 Å². The molecular formula is C113H154O2S10Sn3. The molecule has 6 unspecified atom stereocenters. The summed E-state index contributed by atoms with van der Waals surface area (Å²) in [5, 5.41) is 8.68. The molecule has 0 N–H and O–H groups in total. The molecule has 15 rings (SSSR count). The molecule has 128 heavy (non-hydrogen) atoms. The van der Waals surface area contributed by atoms with E-state index in [0.717, 1.165) is 47.7 Å². The molecule has 12 heterocycles. The van der Waals surface area contributed by atoms with Gasteiger partial charge in [-0.25, -0.2) is 0 Å². The van der Waals surface area contributed by atoms with Crippen LogP contribution in [0.15, 0.2) is 106 Å². The molecule has 15 heteroatoms. The molecule has 2 nitrogen and oxygen atoms in total. The summed E-state index contributed by atoms with van der Waals surface area (Å²) in [7, 11) is 0. The number of unbranched alkanes of at least 4 members (excludes halogenated alkanes) is 6. The summed E-state index contributed by atoms with van der Waals surface area (Å²) in [6, 6.07) is 39.1. The van der Waals surface area contributed by atoms with Gasteiger partial charge < -0.3 is 0 Å². The second kappa shape index (κ2) is 46.1. The number of thiophene rings is 10. The van der Waals surface area contributed by atoms with E-state index in [1.807, 2.05) is 45.3 Å². The predicted octanol–water partition coefficient (Wildman–Crippen LogP) is 41.3. The Hall–Kier alpha value is -2.82. The van der Waals surface area contributed by atoms with Crippen LogP contribution < -0.4 is 8.68 Å². The quantitative estimate of drug-likeness (QED) is 0.0357. The Labute approximate surface area is 825 Å². The number of aryl methyl sites for hydroxylation is 5. The van der Waals surface area contributed by atoms with E-state index in [-0.39, 0.29) is 0 Å². The van der Waals surface area contributed by atoms with Crippen molar-refractivity contribution in [3.05, 3.63) is 154 Å². The third-order valence-electron chi connectivity index (χ3n) is 27.4. The molecule has 3 aromatic carbocycles. The number of benzene rings is 3. The molecule has 0 radical (unpaired) electrons. The second-order valence-electron chi connectivity index (χ2n) is 40.8. The van der Waals surface area contributed by atoms with E-state index in [1.54, 1.807) is 32.9 Å². The summed E-state index contributed by atoms with van der Waals surface area (Å²) in [6.07, 6.45) is 34.2. The van der Waals surface area contributed by atoms with Crippen molar-refractivity contribution in [1.82, 2.24) is 0 Å². The van der Waals surface area contributed by atoms with Crippen LogP contribution in [0.1, 0.15) is 312 Å². The van der Waals surface area contributed by atoms with Crippen molar-refractivity contribution in [3.63, 3.8) is 0 Å². The Balaban J connectivity index is 0.000000164. The van der Waals surface area contributed by atoms with E-state index in [4.69, 9.17) is 8.83 Å². The van der Waals surface area contributed by atoms with Crippen LogP contribution in [0.4, 0.5) is 0 Å². The summed E-state index contributed by atoms with van der Waals surface area (Å²) >= 11 is 13.6. The van der Waals surface area contributed by atoms with Gasteiger partial charge in [-0.15, -0.1) is 0 Å². The molecular weight excluding hydrogens is 2070 g/mol. The minimum absolute atomic E-state index is 0.489. The maximum atomic E-state index is 6.78. The summed E-state index contributed by atoms with van der Waals surface area (Å²) in [6.45, 7) is 39.6. The zero-order valence-electron chi connectivity index (χ0n) is 83.2. The number of hydrogen-bond donors (Lipinski definition) is 0. The van der Waals surface area contributed by atoms with Gasteiger partial charge in [0.05, 0.1) is 0 Å². The Kier molecular flexibility index (Phi) is 36.9. The maximum absolute atomic E-state index is 6.78. The molecule has 0 aliphatic carbocycles. The Morgan fingerprint density at radius 2 is 0.664 bits per heavy atom. The van der Waals surface area contributed by atoms with Gasteiger partial charge in [0.1, 0.15) is 0 Å². The summed E-state index contributed by atoms with van der Waals surface area (Å²) in [4.78, 5) is 39.6. The van der Waals surface area contributed by atoms with Crippen molar-refractivity contribution >= 4 is 238 Å². The van der Waals surface area contributed by atoms with Gasteiger partial charge in [0.2, 0.25) is 0 Å². The minimum atomic E-state index is -2.36. The first kappa shape index (κ1) is 103. The molecule has 0 amide bonds. The van der Waals surface area contributed by atoms with Crippen LogP contribution in [0, 0.1) is 52.4 Å².